The zero-order chi connectivity index (χ0) is 15.1. The summed E-state index contributed by atoms with van der Waals surface area (Å²) < 4.78 is 26.3. The lowest BCUT2D eigenvalue weighted by molar-refractivity contribution is -0.126. The molecule has 0 saturated carbocycles. The lowest BCUT2D eigenvalue weighted by Gasteiger charge is -2.21. The minimum Gasteiger partial charge on any atom is -0.398 e. The van der Waals surface area contributed by atoms with Crippen LogP contribution in [0.25, 0.3) is 0 Å². The van der Waals surface area contributed by atoms with Gasteiger partial charge in [0.25, 0.3) is 0 Å². The van der Waals surface area contributed by atoms with Crippen LogP contribution in [0.3, 0.4) is 0 Å². The second kappa shape index (κ2) is 4.75. The lowest BCUT2D eigenvalue weighted by Crippen LogP contribution is -2.38. The van der Waals surface area contributed by atoms with Crippen molar-refractivity contribution in [3.63, 3.8) is 0 Å². The molecule has 1 saturated heterocycles. The molecule has 110 valence electrons. The van der Waals surface area contributed by atoms with Gasteiger partial charge in [0.1, 0.15) is 0 Å². The van der Waals surface area contributed by atoms with Gasteiger partial charge in [0.2, 0.25) is 15.9 Å². The Labute approximate surface area is 118 Å². The van der Waals surface area contributed by atoms with Crippen molar-refractivity contribution in [1.29, 1.82) is 0 Å². The first kappa shape index (κ1) is 14.8. The first-order valence-corrected chi connectivity index (χ1v) is 7.77. The van der Waals surface area contributed by atoms with Crippen LogP contribution in [0.15, 0.2) is 23.1 Å². The number of sulfonamides is 1. The molecule has 1 unspecified atom stereocenters. The maximum absolute atomic E-state index is 12.5. The van der Waals surface area contributed by atoms with Crippen molar-refractivity contribution in [3.8, 4) is 0 Å². The molecule has 0 spiro atoms. The van der Waals surface area contributed by atoms with Gasteiger partial charge in [-0.25, -0.2) is 8.42 Å². The van der Waals surface area contributed by atoms with Gasteiger partial charge in [0, 0.05) is 18.8 Å². The summed E-state index contributed by atoms with van der Waals surface area (Å²) >= 11 is 0. The second-order valence-electron chi connectivity index (χ2n) is 5.53. The molecular weight excluding hydrogens is 278 g/mol. The van der Waals surface area contributed by atoms with E-state index in [-0.39, 0.29) is 18.0 Å². The molecule has 1 heterocycles. The van der Waals surface area contributed by atoms with Crippen LogP contribution in [0.4, 0.5) is 5.69 Å². The van der Waals surface area contributed by atoms with Crippen molar-refractivity contribution in [1.82, 2.24) is 4.31 Å². The number of amides is 1. The number of nitrogen functional groups attached to an aromatic ring is 1. The van der Waals surface area contributed by atoms with Gasteiger partial charge in [-0.1, -0.05) is 6.07 Å². The molecule has 0 radical (unpaired) electrons. The molecule has 2 rings (SSSR count). The molecule has 4 N–H and O–H groups in total. The predicted octanol–water partition coefficient (Wildman–Crippen LogP) is 0.463. The average Bonchev–Trinajstić information content (AvgIpc) is 2.77. The monoisotopic (exact) mass is 297 g/mol. The number of aryl methyl sites for hydroxylation is 1. The predicted molar refractivity (Wildman–Crippen MR) is 76.3 cm³/mol. The topological polar surface area (TPSA) is 106 Å². The van der Waals surface area contributed by atoms with Gasteiger partial charge in [-0.3, -0.25) is 4.79 Å². The van der Waals surface area contributed by atoms with Crippen molar-refractivity contribution in [2.24, 2.45) is 11.1 Å². The molecule has 20 heavy (non-hydrogen) atoms. The van der Waals surface area contributed by atoms with E-state index in [1.807, 2.05) is 6.92 Å². The first-order chi connectivity index (χ1) is 9.17. The third-order valence-corrected chi connectivity index (χ3v) is 5.76. The van der Waals surface area contributed by atoms with Gasteiger partial charge < -0.3 is 11.5 Å². The fourth-order valence-electron chi connectivity index (χ4n) is 2.25. The molecule has 7 heteroatoms. The summed E-state index contributed by atoms with van der Waals surface area (Å²) in [6, 6.07) is 4.65. The summed E-state index contributed by atoms with van der Waals surface area (Å²) in [6.45, 7) is 3.90. The van der Waals surface area contributed by atoms with Crippen molar-refractivity contribution in [3.05, 3.63) is 23.8 Å². The normalized spacial score (nSPS) is 23.9. The fraction of sp³-hybridized carbons (Fsp3) is 0.462. The van der Waals surface area contributed by atoms with Crippen molar-refractivity contribution in [2.45, 2.75) is 25.2 Å². The second-order valence-corrected chi connectivity index (χ2v) is 7.47. The van der Waals surface area contributed by atoms with E-state index >= 15 is 0 Å². The molecular formula is C13H19N3O3S. The molecule has 1 aliphatic rings. The Bertz CT molecular complexity index is 657. The number of primary amides is 1. The van der Waals surface area contributed by atoms with Crippen LogP contribution in [-0.2, 0) is 14.8 Å². The summed E-state index contributed by atoms with van der Waals surface area (Å²) in [6.07, 6.45) is 0.433. The standard InChI is InChI=1S/C13H19N3O3S/c1-9-3-4-10(7-11(9)14)20(18,19)16-6-5-13(2,8-16)12(15)17/h3-4,7H,5-6,8,14H2,1-2H3,(H2,15,17). The lowest BCUT2D eigenvalue weighted by atomic mass is 9.89. The van der Waals surface area contributed by atoms with Crippen molar-refractivity contribution in [2.75, 3.05) is 18.8 Å². The van der Waals surface area contributed by atoms with E-state index < -0.39 is 21.3 Å². The number of carbonyl (C=O) groups is 1. The van der Waals surface area contributed by atoms with Crippen LogP contribution in [0.5, 0.6) is 0 Å². The molecule has 0 aromatic heterocycles. The zero-order valence-electron chi connectivity index (χ0n) is 11.6. The van der Waals surface area contributed by atoms with E-state index in [2.05, 4.69) is 0 Å². The molecule has 0 bridgehead atoms. The molecule has 1 aromatic carbocycles. The number of hydrogen-bond acceptors (Lipinski definition) is 4. The quantitative estimate of drug-likeness (QED) is 0.790. The third-order valence-electron chi connectivity index (χ3n) is 3.92. The Morgan fingerprint density at radius 1 is 1.40 bits per heavy atom. The number of nitrogens with zero attached hydrogens (tertiary/aromatic N) is 1. The van der Waals surface area contributed by atoms with E-state index in [9.17, 15) is 13.2 Å². The number of carbonyl (C=O) groups excluding carboxylic acids is 1. The Kier molecular flexibility index (Phi) is 3.51. The minimum atomic E-state index is -3.64. The maximum Gasteiger partial charge on any atom is 0.243 e. The summed E-state index contributed by atoms with van der Waals surface area (Å²) in [5, 5.41) is 0. The van der Waals surface area contributed by atoms with Gasteiger partial charge in [-0.2, -0.15) is 4.31 Å². The average molecular weight is 297 g/mol. The number of rotatable bonds is 3. The van der Waals surface area contributed by atoms with E-state index in [0.717, 1.165) is 5.56 Å². The van der Waals surface area contributed by atoms with E-state index in [1.165, 1.54) is 16.4 Å². The van der Waals surface area contributed by atoms with Gasteiger partial charge >= 0.3 is 0 Å². The molecule has 1 aromatic rings. The summed E-state index contributed by atoms with van der Waals surface area (Å²) in [5.74, 6) is -0.473. The van der Waals surface area contributed by atoms with Crippen LogP contribution in [0, 0.1) is 12.3 Å². The van der Waals surface area contributed by atoms with E-state index in [4.69, 9.17) is 11.5 Å². The molecule has 6 nitrogen and oxygen atoms in total. The fourth-order valence-corrected chi connectivity index (χ4v) is 3.85. The molecule has 1 aliphatic heterocycles. The highest BCUT2D eigenvalue weighted by atomic mass is 32.2. The highest BCUT2D eigenvalue weighted by Gasteiger charge is 2.43. The molecule has 0 aliphatic carbocycles. The number of benzene rings is 1. The highest BCUT2D eigenvalue weighted by molar-refractivity contribution is 7.89. The Morgan fingerprint density at radius 3 is 2.55 bits per heavy atom. The summed E-state index contributed by atoms with van der Waals surface area (Å²) in [5.41, 5.74) is 11.6. The Morgan fingerprint density at radius 2 is 2.05 bits per heavy atom. The maximum atomic E-state index is 12.5. The number of nitrogens with two attached hydrogens (primary N) is 2. The van der Waals surface area contributed by atoms with E-state index in [0.29, 0.717) is 12.1 Å². The SMILES string of the molecule is Cc1ccc(S(=O)(=O)N2CCC(C)(C(N)=O)C2)cc1N. The largest absolute Gasteiger partial charge is 0.398 e. The smallest absolute Gasteiger partial charge is 0.243 e. The van der Waals surface area contributed by atoms with Crippen LogP contribution in [0.2, 0.25) is 0 Å². The highest BCUT2D eigenvalue weighted by Crippen LogP contribution is 2.33. The van der Waals surface area contributed by atoms with Crippen LogP contribution in [0.1, 0.15) is 18.9 Å². The number of anilines is 1. The zero-order valence-corrected chi connectivity index (χ0v) is 12.4. The molecule has 1 fully saturated rings. The first-order valence-electron chi connectivity index (χ1n) is 6.33. The van der Waals surface area contributed by atoms with Gasteiger partial charge in [0.05, 0.1) is 10.3 Å². The molecule has 1 atom stereocenters. The third kappa shape index (κ3) is 2.38. The number of hydrogen-bond donors (Lipinski definition) is 2. The van der Waals surface area contributed by atoms with Crippen LogP contribution < -0.4 is 11.5 Å². The van der Waals surface area contributed by atoms with Gasteiger partial charge in [-0.15, -0.1) is 0 Å². The summed E-state index contributed by atoms with van der Waals surface area (Å²) in [4.78, 5) is 11.6. The van der Waals surface area contributed by atoms with Crippen LogP contribution >= 0.6 is 0 Å². The van der Waals surface area contributed by atoms with E-state index in [1.54, 1.807) is 13.0 Å². The van der Waals surface area contributed by atoms with Crippen molar-refractivity contribution >= 4 is 21.6 Å². The van der Waals surface area contributed by atoms with Gasteiger partial charge in [0.15, 0.2) is 0 Å². The molecule has 1 amide bonds. The van der Waals surface area contributed by atoms with Crippen molar-refractivity contribution < 1.29 is 13.2 Å². The minimum absolute atomic E-state index is 0.110. The Hall–Kier alpha value is -1.60. The summed E-state index contributed by atoms with van der Waals surface area (Å²) in [7, 11) is -3.64. The van der Waals surface area contributed by atoms with Gasteiger partial charge in [-0.05, 0) is 38.0 Å². The Balaban J connectivity index is 2.33. The van der Waals surface area contributed by atoms with Crippen LogP contribution in [-0.4, -0.2) is 31.7 Å².